The summed E-state index contributed by atoms with van der Waals surface area (Å²) in [6.07, 6.45) is 3.41. The lowest BCUT2D eigenvalue weighted by atomic mass is 10.2. The first-order chi connectivity index (χ1) is 9.87. The van der Waals surface area contributed by atoms with Gasteiger partial charge in [0.15, 0.2) is 5.76 Å². The zero-order chi connectivity index (χ0) is 15.6. The van der Waals surface area contributed by atoms with E-state index in [0.29, 0.717) is 5.69 Å². The lowest BCUT2D eigenvalue weighted by Crippen LogP contribution is -2.42. The fourth-order valence-corrected chi connectivity index (χ4v) is 4.68. The normalized spacial score (nSPS) is 16.6. The van der Waals surface area contributed by atoms with Crippen molar-refractivity contribution < 1.29 is 22.5 Å². The number of hydrogen-bond donors (Lipinski definition) is 0. The Morgan fingerprint density at radius 3 is 2.48 bits per heavy atom. The summed E-state index contributed by atoms with van der Waals surface area (Å²) in [5.41, 5.74) is 0.306. The quantitative estimate of drug-likeness (QED) is 0.763. The molecule has 1 aliphatic carbocycles. The first kappa shape index (κ1) is 16.0. The third-order valence-corrected chi connectivity index (χ3v) is 5.92. The molecule has 21 heavy (non-hydrogen) atoms. The van der Waals surface area contributed by atoms with Gasteiger partial charge < -0.3 is 9.26 Å². The minimum atomic E-state index is -3.83. The largest absolute Gasteiger partial charge is 0.468 e. The number of esters is 1. The minimum absolute atomic E-state index is 0.0540. The molecule has 0 N–H and O–H groups in total. The Labute approximate surface area is 124 Å². The van der Waals surface area contributed by atoms with Crippen LogP contribution in [0.3, 0.4) is 0 Å². The lowest BCUT2D eigenvalue weighted by molar-refractivity contribution is -0.141. The van der Waals surface area contributed by atoms with Crippen LogP contribution in [0.1, 0.15) is 37.1 Å². The topological polar surface area (TPSA) is 89.7 Å². The minimum Gasteiger partial charge on any atom is -0.468 e. The maximum atomic E-state index is 12.9. The second kappa shape index (κ2) is 6.15. The molecule has 8 heteroatoms. The second-order valence-electron chi connectivity index (χ2n) is 5.22. The van der Waals surface area contributed by atoms with Crippen LogP contribution in [-0.2, 0) is 19.6 Å². The summed E-state index contributed by atoms with van der Waals surface area (Å²) in [5, 5.41) is 3.69. The molecule has 1 aliphatic rings. The summed E-state index contributed by atoms with van der Waals surface area (Å²) in [6.45, 7) is 2.85. The van der Waals surface area contributed by atoms with Crippen LogP contribution < -0.4 is 0 Å². The highest BCUT2D eigenvalue weighted by Gasteiger charge is 2.38. The number of aryl methyl sites for hydroxylation is 2. The van der Waals surface area contributed by atoms with Crippen molar-refractivity contribution in [2.75, 3.05) is 13.7 Å². The molecule has 0 aliphatic heterocycles. The van der Waals surface area contributed by atoms with Gasteiger partial charge in [0.2, 0.25) is 10.0 Å². The van der Waals surface area contributed by atoms with E-state index in [2.05, 4.69) is 9.89 Å². The monoisotopic (exact) mass is 316 g/mol. The molecule has 0 amide bonds. The zero-order valence-electron chi connectivity index (χ0n) is 12.5. The molecule has 1 fully saturated rings. The summed E-state index contributed by atoms with van der Waals surface area (Å²) >= 11 is 0. The summed E-state index contributed by atoms with van der Waals surface area (Å²) in [4.78, 5) is 11.7. The van der Waals surface area contributed by atoms with Crippen molar-refractivity contribution in [3.05, 3.63) is 11.5 Å². The molecule has 1 aromatic heterocycles. The van der Waals surface area contributed by atoms with Gasteiger partial charge in [0.05, 0.1) is 7.11 Å². The van der Waals surface area contributed by atoms with Gasteiger partial charge in [0, 0.05) is 6.04 Å². The van der Waals surface area contributed by atoms with Crippen LogP contribution in [0.2, 0.25) is 0 Å². The number of carbonyl (C=O) groups is 1. The highest BCUT2D eigenvalue weighted by molar-refractivity contribution is 7.89. The van der Waals surface area contributed by atoms with E-state index >= 15 is 0 Å². The number of methoxy groups -OCH3 is 1. The third kappa shape index (κ3) is 3.11. The van der Waals surface area contributed by atoms with Crippen molar-refractivity contribution >= 4 is 16.0 Å². The van der Waals surface area contributed by atoms with E-state index in [-0.39, 0.29) is 23.2 Å². The molecule has 0 aromatic carbocycles. The predicted octanol–water partition coefficient (Wildman–Crippen LogP) is 1.40. The standard InChI is InChI=1S/C13H20N2O5S/c1-9-13(10(2)20-14-9)21(17,18)15(8-12(16)19-3)11-6-4-5-7-11/h11H,4-8H2,1-3H3. The molecule has 2 rings (SSSR count). The number of rotatable bonds is 5. The van der Waals surface area contributed by atoms with Gasteiger partial charge >= 0.3 is 5.97 Å². The highest BCUT2D eigenvalue weighted by Crippen LogP contribution is 2.31. The molecule has 0 spiro atoms. The average Bonchev–Trinajstić information content (AvgIpc) is 3.05. The van der Waals surface area contributed by atoms with E-state index in [0.717, 1.165) is 25.7 Å². The number of carbonyl (C=O) groups excluding carboxylic acids is 1. The van der Waals surface area contributed by atoms with Gasteiger partial charge in [0.25, 0.3) is 0 Å². The molecular formula is C13H20N2O5S. The van der Waals surface area contributed by atoms with Gasteiger partial charge in [-0.1, -0.05) is 18.0 Å². The fourth-order valence-electron chi connectivity index (χ4n) is 2.75. The van der Waals surface area contributed by atoms with Crippen molar-refractivity contribution in [1.82, 2.24) is 9.46 Å². The van der Waals surface area contributed by atoms with Crippen molar-refractivity contribution in [2.24, 2.45) is 0 Å². The smallest absolute Gasteiger partial charge is 0.321 e. The number of aromatic nitrogens is 1. The van der Waals surface area contributed by atoms with E-state index in [1.807, 2.05) is 0 Å². The van der Waals surface area contributed by atoms with Gasteiger partial charge in [-0.15, -0.1) is 0 Å². The van der Waals surface area contributed by atoms with Crippen LogP contribution in [-0.4, -0.2) is 43.5 Å². The number of hydrogen-bond acceptors (Lipinski definition) is 6. The van der Waals surface area contributed by atoms with E-state index in [9.17, 15) is 13.2 Å². The zero-order valence-corrected chi connectivity index (χ0v) is 13.3. The van der Waals surface area contributed by atoms with Gasteiger partial charge in [0.1, 0.15) is 17.1 Å². The van der Waals surface area contributed by atoms with Crippen molar-refractivity contribution in [2.45, 2.75) is 50.5 Å². The Kier molecular flexibility index (Phi) is 4.67. The van der Waals surface area contributed by atoms with E-state index in [1.165, 1.54) is 11.4 Å². The van der Waals surface area contributed by atoms with Crippen LogP contribution in [0.15, 0.2) is 9.42 Å². The van der Waals surface area contributed by atoms with E-state index in [4.69, 9.17) is 4.52 Å². The number of nitrogens with zero attached hydrogens (tertiary/aromatic N) is 2. The third-order valence-electron chi connectivity index (χ3n) is 3.78. The van der Waals surface area contributed by atoms with Gasteiger partial charge in [-0.2, -0.15) is 4.31 Å². The van der Waals surface area contributed by atoms with Crippen molar-refractivity contribution in [3.63, 3.8) is 0 Å². The molecule has 1 heterocycles. The summed E-state index contributed by atoms with van der Waals surface area (Å²) in [7, 11) is -2.58. The molecule has 0 saturated heterocycles. The maximum absolute atomic E-state index is 12.9. The molecule has 7 nitrogen and oxygen atoms in total. The Hall–Kier alpha value is -1.41. The Balaban J connectivity index is 2.41. The Morgan fingerprint density at radius 2 is 2.00 bits per heavy atom. The second-order valence-corrected chi connectivity index (χ2v) is 7.05. The number of ether oxygens (including phenoxy) is 1. The molecule has 0 radical (unpaired) electrons. The molecule has 0 atom stereocenters. The molecular weight excluding hydrogens is 296 g/mol. The van der Waals surface area contributed by atoms with Crippen LogP contribution in [0.25, 0.3) is 0 Å². The van der Waals surface area contributed by atoms with Gasteiger partial charge in [-0.3, -0.25) is 4.79 Å². The van der Waals surface area contributed by atoms with Crippen LogP contribution in [0, 0.1) is 13.8 Å². The van der Waals surface area contributed by atoms with Gasteiger partial charge in [-0.05, 0) is 26.7 Å². The summed E-state index contributed by atoms with van der Waals surface area (Å²) in [5.74, 6) is -0.336. The van der Waals surface area contributed by atoms with Crippen molar-refractivity contribution in [3.8, 4) is 0 Å². The SMILES string of the molecule is COC(=O)CN(C1CCCC1)S(=O)(=O)c1c(C)noc1C. The molecule has 118 valence electrons. The van der Waals surface area contributed by atoms with E-state index < -0.39 is 16.0 Å². The lowest BCUT2D eigenvalue weighted by Gasteiger charge is -2.26. The molecule has 1 saturated carbocycles. The molecule has 0 unspecified atom stereocenters. The Bertz CT molecular complexity index is 597. The first-order valence-corrected chi connectivity index (χ1v) is 8.33. The molecule has 1 aromatic rings. The van der Waals surface area contributed by atoms with Crippen LogP contribution in [0.4, 0.5) is 0 Å². The molecule has 0 bridgehead atoms. The fraction of sp³-hybridized carbons (Fsp3) is 0.692. The van der Waals surface area contributed by atoms with Crippen LogP contribution in [0.5, 0.6) is 0 Å². The van der Waals surface area contributed by atoms with Crippen molar-refractivity contribution in [1.29, 1.82) is 0 Å². The van der Waals surface area contributed by atoms with Gasteiger partial charge in [-0.25, -0.2) is 8.42 Å². The summed E-state index contributed by atoms with van der Waals surface area (Å²) in [6, 6.07) is -0.178. The van der Waals surface area contributed by atoms with Crippen LogP contribution >= 0.6 is 0 Å². The average molecular weight is 316 g/mol. The summed E-state index contributed by atoms with van der Waals surface area (Å²) < 4.78 is 36.6. The predicted molar refractivity (Wildman–Crippen MR) is 74.1 cm³/mol. The van der Waals surface area contributed by atoms with E-state index in [1.54, 1.807) is 13.8 Å². The first-order valence-electron chi connectivity index (χ1n) is 6.89. The maximum Gasteiger partial charge on any atom is 0.321 e. The Morgan fingerprint density at radius 1 is 1.38 bits per heavy atom. The highest BCUT2D eigenvalue weighted by atomic mass is 32.2. The number of sulfonamides is 1.